The summed E-state index contributed by atoms with van der Waals surface area (Å²) in [5.74, 6) is 2.21. The fourth-order valence-electron chi connectivity index (χ4n) is 3.17. The average molecular weight is 404 g/mol. The van der Waals surface area contributed by atoms with Gasteiger partial charge in [-0.15, -0.1) is 0 Å². The Bertz CT molecular complexity index is 979. The maximum atomic E-state index is 12.2. The van der Waals surface area contributed by atoms with E-state index in [0.717, 1.165) is 35.7 Å². The van der Waals surface area contributed by atoms with E-state index >= 15 is 0 Å². The van der Waals surface area contributed by atoms with Crippen LogP contribution in [0.25, 0.3) is 0 Å². The number of nitrogens with one attached hydrogen (secondary N) is 3. The first-order valence-electron chi connectivity index (χ1n) is 10.3. The number of nitrogens with zero attached hydrogens (tertiary/aromatic N) is 2. The van der Waals surface area contributed by atoms with Gasteiger partial charge in [-0.25, -0.2) is 9.97 Å². The topological polar surface area (TPSA) is 78.9 Å². The molecule has 3 rings (SSSR count). The van der Waals surface area contributed by atoms with E-state index in [4.69, 9.17) is 0 Å². The SMILES string of the molecule is CCC(CC)C(=O)Nc1ccc(Nc2cc(Nc3ccc(C)cc3)nc(C)n2)cc1. The molecule has 0 spiro atoms. The molecule has 0 fully saturated rings. The molecule has 0 bridgehead atoms. The summed E-state index contributed by atoms with van der Waals surface area (Å²) < 4.78 is 0. The molecule has 2 aromatic carbocycles. The van der Waals surface area contributed by atoms with E-state index in [0.29, 0.717) is 11.6 Å². The Labute approximate surface area is 178 Å². The highest BCUT2D eigenvalue weighted by Crippen LogP contribution is 2.22. The first kappa shape index (κ1) is 21.3. The van der Waals surface area contributed by atoms with Crippen molar-refractivity contribution in [3.05, 3.63) is 66.0 Å². The second-order valence-electron chi connectivity index (χ2n) is 7.38. The maximum absolute atomic E-state index is 12.2. The van der Waals surface area contributed by atoms with Gasteiger partial charge in [0.05, 0.1) is 0 Å². The van der Waals surface area contributed by atoms with Crippen LogP contribution in [0.15, 0.2) is 54.6 Å². The molecular weight excluding hydrogens is 374 g/mol. The number of aromatic nitrogens is 2. The number of hydrogen-bond acceptors (Lipinski definition) is 5. The molecule has 0 unspecified atom stereocenters. The lowest BCUT2D eigenvalue weighted by molar-refractivity contribution is -0.120. The van der Waals surface area contributed by atoms with E-state index in [1.54, 1.807) is 0 Å². The monoisotopic (exact) mass is 403 g/mol. The summed E-state index contributed by atoms with van der Waals surface area (Å²) >= 11 is 0. The molecule has 1 aromatic heterocycles. The molecule has 0 aliphatic carbocycles. The molecule has 6 heteroatoms. The molecule has 0 radical (unpaired) electrons. The molecule has 1 amide bonds. The van der Waals surface area contributed by atoms with Crippen molar-refractivity contribution in [1.29, 1.82) is 0 Å². The van der Waals surface area contributed by atoms with E-state index in [-0.39, 0.29) is 11.8 Å². The second-order valence-corrected chi connectivity index (χ2v) is 7.38. The van der Waals surface area contributed by atoms with Crippen LogP contribution in [0.5, 0.6) is 0 Å². The van der Waals surface area contributed by atoms with Crippen molar-refractivity contribution in [3.8, 4) is 0 Å². The van der Waals surface area contributed by atoms with E-state index in [1.807, 2.05) is 63.2 Å². The van der Waals surface area contributed by atoms with Gasteiger partial charge in [-0.3, -0.25) is 4.79 Å². The smallest absolute Gasteiger partial charge is 0.227 e. The van der Waals surface area contributed by atoms with Crippen molar-refractivity contribution >= 4 is 34.6 Å². The van der Waals surface area contributed by atoms with Crippen molar-refractivity contribution in [1.82, 2.24) is 9.97 Å². The summed E-state index contributed by atoms with van der Waals surface area (Å²) in [6.45, 7) is 7.99. The molecule has 0 aliphatic rings. The Morgan fingerprint density at radius 2 is 1.27 bits per heavy atom. The van der Waals surface area contributed by atoms with Crippen LogP contribution >= 0.6 is 0 Å². The number of hydrogen-bond donors (Lipinski definition) is 3. The molecule has 0 saturated carbocycles. The zero-order valence-corrected chi connectivity index (χ0v) is 18.0. The van der Waals surface area contributed by atoms with E-state index < -0.39 is 0 Å². The largest absolute Gasteiger partial charge is 0.340 e. The highest BCUT2D eigenvalue weighted by molar-refractivity contribution is 5.92. The highest BCUT2D eigenvalue weighted by Gasteiger charge is 2.14. The van der Waals surface area contributed by atoms with Crippen LogP contribution in [0.1, 0.15) is 38.1 Å². The minimum absolute atomic E-state index is 0.0474. The van der Waals surface area contributed by atoms with Crippen LogP contribution in [0.3, 0.4) is 0 Å². The van der Waals surface area contributed by atoms with Crippen LogP contribution < -0.4 is 16.0 Å². The second kappa shape index (κ2) is 9.87. The molecule has 156 valence electrons. The average Bonchev–Trinajstić information content (AvgIpc) is 2.72. The van der Waals surface area contributed by atoms with Gasteiger partial charge in [-0.05, 0) is 63.1 Å². The lowest BCUT2D eigenvalue weighted by Crippen LogP contribution is -2.21. The number of amides is 1. The number of carbonyl (C=O) groups is 1. The Morgan fingerprint density at radius 3 is 1.77 bits per heavy atom. The lowest BCUT2D eigenvalue weighted by atomic mass is 10.0. The van der Waals surface area contributed by atoms with Gasteiger partial charge in [0, 0.05) is 29.0 Å². The zero-order chi connectivity index (χ0) is 21.5. The third kappa shape index (κ3) is 5.80. The standard InChI is InChI=1S/C24H29N5O/c1-5-18(6-2)24(30)29-21-13-11-20(12-14-21)28-23-15-22(25-17(4)26-23)27-19-9-7-16(3)8-10-19/h7-15,18H,5-6H2,1-4H3,(H,29,30)(H2,25,26,27,28). The minimum Gasteiger partial charge on any atom is -0.340 e. The highest BCUT2D eigenvalue weighted by atomic mass is 16.1. The summed E-state index contributed by atoms with van der Waals surface area (Å²) in [6.07, 6.45) is 1.68. The van der Waals surface area contributed by atoms with Gasteiger partial charge in [0.15, 0.2) is 0 Å². The number of anilines is 5. The Morgan fingerprint density at radius 1 is 0.800 bits per heavy atom. The van der Waals surface area contributed by atoms with Crippen LogP contribution in [0, 0.1) is 19.8 Å². The van der Waals surface area contributed by atoms with E-state index in [2.05, 4.69) is 45.0 Å². The molecule has 3 N–H and O–H groups in total. The summed E-state index contributed by atoms with van der Waals surface area (Å²) in [5, 5.41) is 9.60. The summed E-state index contributed by atoms with van der Waals surface area (Å²) in [5.41, 5.74) is 3.86. The van der Waals surface area contributed by atoms with Gasteiger partial charge in [0.1, 0.15) is 17.5 Å². The third-order valence-electron chi connectivity index (χ3n) is 4.94. The molecule has 1 heterocycles. The van der Waals surface area contributed by atoms with Gasteiger partial charge in [-0.2, -0.15) is 0 Å². The molecule has 0 saturated heterocycles. The first-order valence-corrected chi connectivity index (χ1v) is 10.3. The molecule has 6 nitrogen and oxygen atoms in total. The first-order chi connectivity index (χ1) is 14.5. The maximum Gasteiger partial charge on any atom is 0.227 e. The normalized spacial score (nSPS) is 10.7. The Balaban J connectivity index is 1.68. The van der Waals surface area contributed by atoms with Gasteiger partial charge in [-0.1, -0.05) is 31.5 Å². The number of benzene rings is 2. The van der Waals surface area contributed by atoms with Crippen LogP contribution in [0.4, 0.5) is 28.7 Å². The van der Waals surface area contributed by atoms with Crippen LogP contribution in [0.2, 0.25) is 0 Å². The van der Waals surface area contributed by atoms with Crippen LogP contribution in [-0.4, -0.2) is 15.9 Å². The van der Waals surface area contributed by atoms with Crippen molar-refractivity contribution in [2.45, 2.75) is 40.5 Å². The molecule has 0 atom stereocenters. The summed E-state index contributed by atoms with van der Waals surface area (Å²) in [4.78, 5) is 21.2. The molecular formula is C24H29N5O. The van der Waals surface area contributed by atoms with E-state index in [9.17, 15) is 4.79 Å². The van der Waals surface area contributed by atoms with E-state index in [1.165, 1.54) is 5.56 Å². The zero-order valence-electron chi connectivity index (χ0n) is 18.0. The van der Waals surface area contributed by atoms with Crippen molar-refractivity contribution in [2.75, 3.05) is 16.0 Å². The summed E-state index contributed by atoms with van der Waals surface area (Å²) in [6, 6.07) is 17.7. The molecule has 3 aromatic rings. The number of aryl methyl sites for hydroxylation is 2. The minimum atomic E-state index is 0.0474. The van der Waals surface area contributed by atoms with Crippen molar-refractivity contribution in [2.24, 2.45) is 5.92 Å². The lowest BCUT2D eigenvalue weighted by Gasteiger charge is -2.13. The quantitative estimate of drug-likeness (QED) is 0.433. The molecule has 0 aliphatic heterocycles. The number of carbonyl (C=O) groups excluding carboxylic acids is 1. The number of rotatable bonds is 8. The van der Waals surface area contributed by atoms with Gasteiger partial charge in [0.25, 0.3) is 0 Å². The van der Waals surface area contributed by atoms with Crippen molar-refractivity contribution in [3.63, 3.8) is 0 Å². The van der Waals surface area contributed by atoms with Gasteiger partial charge >= 0.3 is 0 Å². The van der Waals surface area contributed by atoms with Gasteiger partial charge in [0.2, 0.25) is 5.91 Å². The fourth-order valence-corrected chi connectivity index (χ4v) is 3.17. The molecule has 30 heavy (non-hydrogen) atoms. The third-order valence-corrected chi connectivity index (χ3v) is 4.94. The summed E-state index contributed by atoms with van der Waals surface area (Å²) in [7, 11) is 0. The van der Waals surface area contributed by atoms with Crippen LogP contribution in [-0.2, 0) is 4.79 Å². The van der Waals surface area contributed by atoms with Crippen molar-refractivity contribution < 1.29 is 4.79 Å². The van der Waals surface area contributed by atoms with Gasteiger partial charge < -0.3 is 16.0 Å². The fraction of sp³-hybridized carbons (Fsp3) is 0.292. The Kier molecular flexibility index (Phi) is 7.01. The predicted octanol–water partition coefficient (Wildman–Crippen LogP) is 5.96. The predicted molar refractivity (Wildman–Crippen MR) is 124 cm³/mol. The Hall–Kier alpha value is -3.41.